The molecule has 8 nitrogen and oxygen atoms in total. The van der Waals surface area contributed by atoms with Crippen LogP contribution in [0.3, 0.4) is 0 Å². The normalized spacial score (nSPS) is 24.4. The van der Waals surface area contributed by atoms with Gasteiger partial charge in [-0.15, -0.1) is 0 Å². The Balaban J connectivity index is 1.76. The third kappa shape index (κ3) is 2.34. The number of nitro groups is 1. The molecule has 0 bridgehead atoms. The quantitative estimate of drug-likeness (QED) is 0.369. The van der Waals surface area contributed by atoms with E-state index in [0.717, 1.165) is 0 Å². The fourth-order valence-corrected chi connectivity index (χ4v) is 4.15. The predicted molar refractivity (Wildman–Crippen MR) is 97.8 cm³/mol. The Morgan fingerprint density at radius 3 is 2.46 bits per heavy atom. The lowest BCUT2D eigenvalue weighted by Crippen LogP contribution is -2.26. The number of amides is 1. The number of ether oxygens (including phenoxy) is 1. The zero-order valence-electron chi connectivity index (χ0n) is 14.9. The average Bonchev–Trinajstić information content (AvgIpc) is 3.30. The number of benzene rings is 2. The summed E-state index contributed by atoms with van der Waals surface area (Å²) in [7, 11) is 0. The second-order valence-electron chi connectivity index (χ2n) is 6.74. The summed E-state index contributed by atoms with van der Waals surface area (Å²) in [6.45, 7) is 1.79. The molecular formula is C20H16N2O6. The van der Waals surface area contributed by atoms with Gasteiger partial charge in [0.1, 0.15) is 5.41 Å². The number of nitrogens with one attached hydrogen (secondary N) is 1. The van der Waals surface area contributed by atoms with Crippen LogP contribution >= 0.6 is 0 Å². The molecule has 1 unspecified atom stereocenters. The molecule has 1 aliphatic heterocycles. The van der Waals surface area contributed by atoms with Gasteiger partial charge in [-0.3, -0.25) is 24.5 Å². The number of hydrogen-bond acceptors (Lipinski definition) is 6. The van der Waals surface area contributed by atoms with Gasteiger partial charge in [-0.05, 0) is 30.7 Å². The molecule has 1 saturated carbocycles. The number of Topliss-reactive ketones (excluding diaryl/α,β-unsaturated/α-hetero) is 1. The van der Waals surface area contributed by atoms with E-state index in [1.165, 1.54) is 24.3 Å². The lowest BCUT2D eigenvalue weighted by Gasteiger charge is -2.08. The monoisotopic (exact) mass is 380 g/mol. The van der Waals surface area contributed by atoms with Crippen LogP contribution in [-0.4, -0.2) is 29.2 Å². The van der Waals surface area contributed by atoms with E-state index in [1.54, 1.807) is 31.2 Å². The molecule has 2 aromatic carbocycles. The highest BCUT2D eigenvalue weighted by Gasteiger charge is 2.79. The maximum atomic E-state index is 13.2. The molecule has 1 N–H and O–H groups in total. The molecule has 142 valence electrons. The summed E-state index contributed by atoms with van der Waals surface area (Å²) >= 11 is 0. The zero-order valence-corrected chi connectivity index (χ0v) is 14.9. The van der Waals surface area contributed by atoms with Gasteiger partial charge in [0.05, 0.1) is 23.4 Å². The van der Waals surface area contributed by atoms with Crippen molar-refractivity contribution < 1.29 is 24.0 Å². The average molecular weight is 380 g/mol. The van der Waals surface area contributed by atoms with Crippen LogP contribution in [0.4, 0.5) is 11.4 Å². The molecule has 1 amide bonds. The number of ketones is 1. The van der Waals surface area contributed by atoms with Crippen LogP contribution in [0.2, 0.25) is 0 Å². The van der Waals surface area contributed by atoms with E-state index >= 15 is 0 Å². The Morgan fingerprint density at radius 1 is 1.14 bits per heavy atom. The largest absolute Gasteiger partial charge is 0.466 e. The fraction of sp³-hybridized carbons (Fsp3) is 0.250. The van der Waals surface area contributed by atoms with Crippen molar-refractivity contribution in [2.75, 3.05) is 11.9 Å². The van der Waals surface area contributed by atoms with E-state index in [2.05, 4.69) is 5.32 Å². The van der Waals surface area contributed by atoms with Crippen LogP contribution in [0.5, 0.6) is 0 Å². The van der Waals surface area contributed by atoms with Gasteiger partial charge in [0.15, 0.2) is 5.78 Å². The first-order valence-corrected chi connectivity index (χ1v) is 8.79. The van der Waals surface area contributed by atoms with Gasteiger partial charge >= 0.3 is 5.97 Å². The van der Waals surface area contributed by atoms with Crippen molar-refractivity contribution in [2.24, 2.45) is 11.8 Å². The molecule has 3 atom stereocenters. The molecule has 0 saturated heterocycles. The first-order valence-electron chi connectivity index (χ1n) is 8.79. The number of carbonyl (C=O) groups excluding carboxylic acids is 3. The van der Waals surface area contributed by atoms with Crippen LogP contribution in [0.25, 0.3) is 0 Å². The molecule has 1 fully saturated rings. The molecule has 0 radical (unpaired) electrons. The number of nitro benzene ring substituents is 1. The van der Waals surface area contributed by atoms with Gasteiger partial charge in [0.2, 0.25) is 5.91 Å². The summed E-state index contributed by atoms with van der Waals surface area (Å²) in [4.78, 5) is 48.9. The van der Waals surface area contributed by atoms with Crippen molar-refractivity contribution in [3.8, 4) is 0 Å². The lowest BCUT2D eigenvalue weighted by molar-refractivity contribution is -0.384. The Morgan fingerprint density at radius 2 is 1.82 bits per heavy atom. The number of nitrogens with zero attached hydrogens (tertiary/aromatic N) is 1. The number of fused-ring (bicyclic) bond motifs is 2. The second-order valence-corrected chi connectivity index (χ2v) is 6.74. The van der Waals surface area contributed by atoms with E-state index in [9.17, 15) is 24.5 Å². The Bertz CT molecular complexity index is 1020. The van der Waals surface area contributed by atoms with Crippen LogP contribution in [-0.2, 0) is 19.7 Å². The van der Waals surface area contributed by atoms with Crippen LogP contribution in [0.1, 0.15) is 22.8 Å². The molecule has 28 heavy (non-hydrogen) atoms. The van der Waals surface area contributed by atoms with E-state index in [-0.39, 0.29) is 17.9 Å². The highest BCUT2D eigenvalue weighted by molar-refractivity contribution is 6.20. The van der Waals surface area contributed by atoms with Gasteiger partial charge in [-0.1, -0.05) is 18.2 Å². The van der Waals surface area contributed by atoms with Crippen LogP contribution in [0, 0.1) is 22.0 Å². The number of esters is 1. The third-order valence-electron chi connectivity index (χ3n) is 5.39. The molecular weight excluding hydrogens is 364 g/mol. The standard InChI is InChI=1S/C20H16N2O6/c1-2-28-18(24)16-15(17(23)11-7-9-12(10-8-11)22(26)27)20(16)13-5-3-4-6-14(13)21-19(20)25/h3-10,15-16H,2H2,1H3,(H,21,25)/t15-,16-,20?/m1/s1. The van der Waals surface area contributed by atoms with Crippen molar-refractivity contribution in [3.63, 3.8) is 0 Å². The summed E-state index contributed by atoms with van der Waals surface area (Å²) in [5.74, 6) is -3.28. The van der Waals surface area contributed by atoms with Gasteiger partial charge in [-0.2, -0.15) is 0 Å². The Labute approximate surface area is 159 Å². The number of hydrogen-bond donors (Lipinski definition) is 1. The number of para-hydroxylation sites is 1. The Hall–Kier alpha value is -3.55. The first kappa shape index (κ1) is 17.8. The minimum Gasteiger partial charge on any atom is -0.466 e. The summed E-state index contributed by atoms with van der Waals surface area (Å²) in [6.07, 6.45) is 0. The summed E-state index contributed by atoms with van der Waals surface area (Å²) in [6, 6.07) is 12.1. The maximum Gasteiger partial charge on any atom is 0.311 e. The predicted octanol–water partition coefficient (Wildman–Crippen LogP) is 2.48. The van der Waals surface area contributed by atoms with E-state index < -0.39 is 39.8 Å². The van der Waals surface area contributed by atoms with Gasteiger partial charge in [0.25, 0.3) is 5.69 Å². The van der Waals surface area contributed by atoms with Gasteiger partial charge in [-0.25, -0.2) is 0 Å². The maximum absolute atomic E-state index is 13.2. The molecule has 0 aromatic heterocycles. The van der Waals surface area contributed by atoms with E-state index in [0.29, 0.717) is 11.3 Å². The van der Waals surface area contributed by atoms with Crippen LogP contribution < -0.4 is 5.32 Å². The highest BCUT2D eigenvalue weighted by Crippen LogP contribution is 2.65. The molecule has 2 aliphatic rings. The third-order valence-corrected chi connectivity index (χ3v) is 5.39. The van der Waals surface area contributed by atoms with Crippen molar-refractivity contribution in [1.29, 1.82) is 0 Å². The molecule has 1 heterocycles. The van der Waals surface area contributed by atoms with Crippen molar-refractivity contribution in [2.45, 2.75) is 12.3 Å². The van der Waals surface area contributed by atoms with Crippen LogP contribution in [0.15, 0.2) is 48.5 Å². The van der Waals surface area contributed by atoms with Crippen molar-refractivity contribution in [1.82, 2.24) is 0 Å². The molecule has 1 spiro atoms. The first-order chi connectivity index (χ1) is 13.4. The van der Waals surface area contributed by atoms with Gasteiger partial charge in [0, 0.05) is 23.4 Å². The number of carbonyl (C=O) groups is 3. The molecule has 8 heteroatoms. The van der Waals surface area contributed by atoms with E-state index in [4.69, 9.17) is 4.74 Å². The molecule has 1 aliphatic carbocycles. The summed E-state index contributed by atoms with van der Waals surface area (Å²) in [5.41, 5.74) is -0.0761. The highest BCUT2D eigenvalue weighted by atomic mass is 16.6. The molecule has 4 rings (SSSR count). The Kier molecular flexibility index (Phi) is 3.99. The van der Waals surface area contributed by atoms with Gasteiger partial charge < -0.3 is 10.1 Å². The summed E-state index contributed by atoms with van der Waals surface area (Å²) < 4.78 is 5.12. The van der Waals surface area contributed by atoms with E-state index in [1.807, 2.05) is 0 Å². The minimum absolute atomic E-state index is 0.132. The number of rotatable bonds is 5. The smallest absolute Gasteiger partial charge is 0.311 e. The second kappa shape index (κ2) is 6.26. The fourth-order valence-electron chi connectivity index (χ4n) is 4.15. The zero-order chi connectivity index (χ0) is 20.1. The number of non-ortho nitro benzene ring substituents is 1. The topological polar surface area (TPSA) is 116 Å². The van der Waals surface area contributed by atoms with Crippen molar-refractivity contribution >= 4 is 29.0 Å². The number of anilines is 1. The SMILES string of the molecule is CCOC(=O)[C@H]1[C@H](C(=O)c2ccc([N+](=O)[O-])cc2)C12C(=O)Nc1ccccc12. The summed E-state index contributed by atoms with van der Waals surface area (Å²) in [5, 5.41) is 13.6. The molecule has 2 aromatic rings. The minimum atomic E-state index is -1.30. The lowest BCUT2D eigenvalue weighted by atomic mass is 9.91. The van der Waals surface area contributed by atoms with Crippen molar-refractivity contribution in [3.05, 3.63) is 69.8 Å².